The zero-order valence-electron chi connectivity index (χ0n) is 11.9. The largest absolute Gasteiger partial charge is 0.573 e. The fraction of sp³-hybridized carbons (Fsp3) is 0.125. The Hall–Kier alpha value is -2.35. The lowest BCUT2D eigenvalue weighted by molar-refractivity contribution is -0.275. The van der Waals surface area contributed by atoms with E-state index in [1.165, 1.54) is 24.3 Å². The summed E-state index contributed by atoms with van der Waals surface area (Å²) in [6.45, 7) is -0.314. The van der Waals surface area contributed by atoms with E-state index in [1.807, 2.05) is 0 Å². The van der Waals surface area contributed by atoms with Crippen molar-refractivity contribution in [2.75, 3.05) is 0 Å². The summed E-state index contributed by atoms with van der Waals surface area (Å²) in [5.74, 6) is -1.55. The third-order valence-corrected chi connectivity index (χ3v) is 3.95. The van der Waals surface area contributed by atoms with Crippen LogP contribution in [-0.2, 0) is 6.54 Å². The van der Waals surface area contributed by atoms with Gasteiger partial charge in [-0.3, -0.25) is 14.5 Å². The number of carbonyl (C=O) groups excluding carboxylic acids is 2. The molecule has 0 N–H and O–H groups in total. The molecular weight excluding hydrogens is 391 g/mol. The van der Waals surface area contributed by atoms with Crippen molar-refractivity contribution in [3.63, 3.8) is 0 Å². The van der Waals surface area contributed by atoms with Gasteiger partial charge in [-0.2, -0.15) is 0 Å². The predicted molar refractivity (Wildman–Crippen MR) is 81.5 cm³/mol. The van der Waals surface area contributed by atoms with Crippen LogP contribution in [0.2, 0.25) is 0 Å². The van der Waals surface area contributed by atoms with Crippen LogP contribution in [0, 0.1) is 0 Å². The molecule has 0 saturated heterocycles. The molecule has 24 heavy (non-hydrogen) atoms. The van der Waals surface area contributed by atoms with E-state index in [-0.39, 0.29) is 23.2 Å². The lowest BCUT2D eigenvalue weighted by atomic mass is 10.1. The summed E-state index contributed by atoms with van der Waals surface area (Å²) in [5, 5.41) is 0. The lowest BCUT2D eigenvalue weighted by Gasteiger charge is -2.18. The molecule has 8 heteroatoms. The molecule has 0 aromatic heterocycles. The van der Waals surface area contributed by atoms with Crippen LogP contribution in [0.1, 0.15) is 26.3 Å². The molecular formula is C16H9BrF3NO3. The summed E-state index contributed by atoms with van der Waals surface area (Å²) in [7, 11) is 0. The Morgan fingerprint density at radius 2 is 1.58 bits per heavy atom. The summed E-state index contributed by atoms with van der Waals surface area (Å²) in [5.41, 5.74) is 0.542. The first-order valence-corrected chi connectivity index (χ1v) is 7.55. The Morgan fingerprint density at radius 3 is 2.12 bits per heavy atom. The van der Waals surface area contributed by atoms with Gasteiger partial charge in [0.25, 0.3) is 11.8 Å². The van der Waals surface area contributed by atoms with E-state index in [4.69, 9.17) is 0 Å². The number of nitrogens with zero attached hydrogens (tertiary/aromatic N) is 1. The highest BCUT2D eigenvalue weighted by Gasteiger charge is 2.37. The Balaban J connectivity index is 1.93. The average molecular weight is 400 g/mol. The fourth-order valence-corrected chi connectivity index (χ4v) is 2.77. The molecule has 1 aliphatic rings. The van der Waals surface area contributed by atoms with E-state index in [0.29, 0.717) is 4.47 Å². The Labute approximate surface area is 143 Å². The van der Waals surface area contributed by atoms with Crippen molar-refractivity contribution in [2.24, 2.45) is 0 Å². The molecule has 0 fully saturated rings. The number of fused-ring (bicyclic) bond motifs is 1. The van der Waals surface area contributed by atoms with E-state index < -0.39 is 23.9 Å². The van der Waals surface area contributed by atoms with Gasteiger partial charge in [-0.25, -0.2) is 0 Å². The molecule has 124 valence electrons. The van der Waals surface area contributed by atoms with Crippen molar-refractivity contribution in [1.82, 2.24) is 4.90 Å². The zero-order chi connectivity index (χ0) is 17.5. The van der Waals surface area contributed by atoms with E-state index in [1.54, 1.807) is 12.1 Å². The quantitative estimate of drug-likeness (QED) is 0.728. The second-order valence-corrected chi connectivity index (χ2v) is 5.96. The van der Waals surface area contributed by atoms with Gasteiger partial charge in [0.2, 0.25) is 0 Å². The molecule has 0 spiro atoms. The van der Waals surface area contributed by atoms with Crippen molar-refractivity contribution < 1.29 is 27.5 Å². The molecule has 2 amide bonds. The summed E-state index contributed by atoms with van der Waals surface area (Å²) in [4.78, 5) is 25.5. The van der Waals surface area contributed by atoms with Gasteiger partial charge in [-0.05, 0) is 24.3 Å². The van der Waals surface area contributed by atoms with Crippen LogP contribution < -0.4 is 4.74 Å². The van der Waals surface area contributed by atoms with Crippen molar-refractivity contribution in [1.29, 1.82) is 0 Å². The number of ether oxygens (including phenoxy) is 1. The van der Waals surface area contributed by atoms with Crippen molar-refractivity contribution in [3.8, 4) is 5.75 Å². The number of carbonyl (C=O) groups is 2. The van der Waals surface area contributed by atoms with Crippen LogP contribution in [0.25, 0.3) is 0 Å². The highest BCUT2D eigenvalue weighted by Crippen LogP contribution is 2.32. The summed E-state index contributed by atoms with van der Waals surface area (Å²) in [6, 6.07) is 10.3. The molecule has 0 bridgehead atoms. The molecule has 0 unspecified atom stereocenters. The molecule has 0 aliphatic carbocycles. The number of imide groups is 1. The number of hydrogen-bond acceptors (Lipinski definition) is 3. The van der Waals surface area contributed by atoms with Gasteiger partial charge in [0.15, 0.2) is 0 Å². The smallest absolute Gasteiger partial charge is 0.405 e. The highest BCUT2D eigenvalue weighted by atomic mass is 79.9. The third-order valence-electron chi connectivity index (χ3n) is 3.46. The van der Waals surface area contributed by atoms with Gasteiger partial charge in [-0.1, -0.05) is 34.1 Å². The second kappa shape index (κ2) is 5.94. The molecule has 4 nitrogen and oxygen atoms in total. The van der Waals surface area contributed by atoms with E-state index in [0.717, 1.165) is 11.0 Å². The minimum absolute atomic E-state index is 0.0741. The van der Waals surface area contributed by atoms with Crippen LogP contribution in [0.4, 0.5) is 13.2 Å². The maximum atomic E-state index is 12.6. The fourth-order valence-electron chi connectivity index (χ4n) is 2.43. The van der Waals surface area contributed by atoms with Gasteiger partial charge >= 0.3 is 6.36 Å². The molecule has 0 atom stereocenters. The number of benzene rings is 2. The SMILES string of the molecule is O=C1c2ccccc2C(=O)N1Cc1ccc(Br)cc1OC(F)(F)F. The molecule has 3 rings (SSSR count). The minimum Gasteiger partial charge on any atom is -0.405 e. The van der Waals surface area contributed by atoms with Gasteiger partial charge in [0, 0.05) is 10.0 Å². The Bertz CT molecular complexity index is 801. The van der Waals surface area contributed by atoms with Gasteiger partial charge in [0.05, 0.1) is 17.7 Å². The van der Waals surface area contributed by atoms with Gasteiger partial charge in [-0.15, -0.1) is 13.2 Å². The van der Waals surface area contributed by atoms with Crippen LogP contribution in [0.5, 0.6) is 5.75 Å². The van der Waals surface area contributed by atoms with Gasteiger partial charge in [0.1, 0.15) is 5.75 Å². The molecule has 0 radical (unpaired) electrons. The van der Waals surface area contributed by atoms with Crippen molar-refractivity contribution in [3.05, 3.63) is 63.6 Å². The summed E-state index contributed by atoms with van der Waals surface area (Å²) >= 11 is 3.07. The molecule has 0 saturated carbocycles. The molecule has 1 aliphatic heterocycles. The van der Waals surface area contributed by atoms with Crippen LogP contribution in [-0.4, -0.2) is 23.1 Å². The highest BCUT2D eigenvalue weighted by molar-refractivity contribution is 9.10. The zero-order valence-corrected chi connectivity index (χ0v) is 13.5. The first-order chi connectivity index (χ1) is 11.3. The molecule has 2 aromatic carbocycles. The predicted octanol–water partition coefficient (Wildman–Crippen LogP) is 4.14. The lowest BCUT2D eigenvalue weighted by Crippen LogP contribution is -2.29. The number of hydrogen-bond donors (Lipinski definition) is 0. The summed E-state index contributed by atoms with van der Waals surface area (Å²) < 4.78 is 42.0. The Kier molecular flexibility index (Phi) is 4.08. The van der Waals surface area contributed by atoms with Crippen LogP contribution in [0.3, 0.4) is 0 Å². The van der Waals surface area contributed by atoms with Crippen LogP contribution >= 0.6 is 15.9 Å². The number of amides is 2. The first-order valence-electron chi connectivity index (χ1n) is 6.75. The number of halogens is 4. The van der Waals surface area contributed by atoms with Crippen molar-refractivity contribution in [2.45, 2.75) is 12.9 Å². The number of alkyl halides is 3. The molecule has 2 aromatic rings. The first kappa shape index (κ1) is 16.5. The van der Waals surface area contributed by atoms with Crippen LogP contribution in [0.15, 0.2) is 46.9 Å². The number of rotatable bonds is 3. The van der Waals surface area contributed by atoms with E-state index in [9.17, 15) is 22.8 Å². The Morgan fingerprint density at radius 1 is 1.00 bits per heavy atom. The second-order valence-electron chi connectivity index (χ2n) is 5.04. The van der Waals surface area contributed by atoms with Crippen molar-refractivity contribution >= 4 is 27.7 Å². The monoisotopic (exact) mass is 399 g/mol. The maximum Gasteiger partial charge on any atom is 0.573 e. The molecule has 1 heterocycles. The normalized spacial score (nSPS) is 14.1. The minimum atomic E-state index is -4.88. The van der Waals surface area contributed by atoms with Gasteiger partial charge < -0.3 is 4.74 Å². The third kappa shape index (κ3) is 3.14. The van der Waals surface area contributed by atoms with E-state index in [2.05, 4.69) is 20.7 Å². The maximum absolute atomic E-state index is 12.6. The standard InChI is InChI=1S/C16H9BrF3NO3/c17-10-6-5-9(13(7-10)24-16(18,19)20)8-21-14(22)11-3-1-2-4-12(11)15(21)23/h1-7H,8H2. The summed E-state index contributed by atoms with van der Waals surface area (Å²) in [6.07, 6.45) is -4.88. The average Bonchev–Trinajstić information content (AvgIpc) is 2.74. The topological polar surface area (TPSA) is 46.6 Å². The van der Waals surface area contributed by atoms with E-state index >= 15 is 0 Å².